The smallest absolute Gasteiger partial charge is 0.174 e. The molecule has 1 aliphatic heterocycles. The van der Waals surface area contributed by atoms with Crippen molar-refractivity contribution in [3.05, 3.63) is 113 Å². The summed E-state index contributed by atoms with van der Waals surface area (Å²) < 4.78 is 16.1. The van der Waals surface area contributed by atoms with Crippen molar-refractivity contribution in [3.63, 3.8) is 0 Å². The molecule has 3 heterocycles. The molecule has 166 valence electrons. The van der Waals surface area contributed by atoms with Crippen LogP contribution in [-0.2, 0) is 0 Å². The summed E-state index contributed by atoms with van der Waals surface area (Å²) in [4.78, 5) is 6.81. The van der Waals surface area contributed by atoms with Crippen molar-refractivity contribution in [1.82, 2.24) is 14.9 Å². The largest absolute Gasteiger partial charge is 0.351 e. The second kappa shape index (κ2) is 8.45. The molecule has 33 heavy (non-hydrogen) atoms. The number of rotatable bonds is 4. The summed E-state index contributed by atoms with van der Waals surface area (Å²) >= 11 is 5.83. The second-order valence-corrected chi connectivity index (χ2v) is 8.86. The van der Waals surface area contributed by atoms with Gasteiger partial charge in [0.15, 0.2) is 5.11 Å². The van der Waals surface area contributed by atoms with Crippen LogP contribution in [0.4, 0.5) is 10.1 Å². The lowest BCUT2D eigenvalue weighted by Gasteiger charge is -2.28. The van der Waals surface area contributed by atoms with Gasteiger partial charge in [0.25, 0.3) is 0 Å². The van der Waals surface area contributed by atoms with Crippen molar-refractivity contribution in [1.29, 1.82) is 0 Å². The van der Waals surface area contributed by atoms with E-state index in [0.29, 0.717) is 5.11 Å². The van der Waals surface area contributed by atoms with Gasteiger partial charge in [-0.05, 0) is 87.1 Å². The molecule has 4 nitrogen and oxygen atoms in total. The third kappa shape index (κ3) is 3.80. The molecular weight excluding hydrogens is 431 g/mol. The lowest BCUT2D eigenvalue weighted by molar-refractivity contribution is 0.565. The van der Waals surface area contributed by atoms with E-state index in [-0.39, 0.29) is 17.9 Å². The summed E-state index contributed by atoms with van der Waals surface area (Å²) in [5.41, 5.74) is 7.16. The van der Waals surface area contributed by atoms with Crippen molar-refractivity contribution in [3.8, 4) is 5.69 Å². The zero-order chi connectivity index (χ0) is 23.1. The van der Waals surface area contributed by atoms with Crippen LogP contribution in [0.15, 0.2) is 79.0 Å². The number of hydrogen-bond acceptors (Lipinski definition) is 2. The summed E-state index contributed by atoms with van der Waals surface area (Å²) in [5.74, 6) is -0.252. The van der Waals surface area contributed by atoms with E-state index in [1.807, 2.05) is 37.4 Å². The minimum Gasteiger partial charge on any atom is -0.351 e. The number of aryl methyl sites for hydroxylation is 2. The molecule has 4 aromatic rings. The average Bonchev–Trinajstić information content (AvgIpc) is 3.30. The Balaban J connectivity index is 1.68. The predicted octanol–water partition coefficient (Wildman–Crippen LogP) is 6.11. The fourth-order valence-electron chi connectivity index (χ4n) is 4.75. The van der Waals surface area contributed by atoms with Gasteiger partial charge in [0.05, 0.1) is 17.8 Å². The van der Waals surface area contributed by atoms with Gasteiger partial charge in [0.2, 0.25) is 0 Å². The molecule has 2 aromatic heterocycles. The molecule has 5 rings (SSSR count). The number of hydrogen-bond donors (Lipinski definition) is 1. The molecule has 0 spiro atoms. The molecule has 0 radical (unpaired) electrons. The molecule has 6 heteroatoms. The molecule has 0 saturated carbocycles. The maximum absolute atomic E-state index is 14.0. The van der Waals surface area contributed by atoms with E-state index in [9.17, 15) is 4.39 Å². The predicted molar refractivity (Wildman–Crippen MR) is 134 cm³/mol. The monoisotopic (exact) mass is 456 g/mol. The molecule has 0 aliphatic carbocycles. The van der Waals surface area contributed by atoms with Gasteiger partial charge in [-0.2, -0.15) is 0 Å². The lowest BCUT2D eigenvalue weighted by Crippen LogP contribution is -2.29. The third-order valence-electron chi connectivity index (χ3n) is 6.27. The molecule has 2 aromatic carbocycles. The minimum atomic E-state index is -0.252. The summed E-state index contributed by atoms with van der Waals surface area (Å²) in [6, 6.07) is 23.0. The number of nitrogens with zero attached hydrogens (tertiary/aromatic N) is 3. The number of thiocarbonyl (C=S) groups is 1. The van der Waals surface area contributed by atoms with Gasteiger partial charge in [-0.1, -0.05) is 29.8 Å². The first-order chi connectivity index (χ1) is 15.9. The van der Waals surface area contributed by atoms with Crippen molar-refractivity contribution >= 4 is 23.0 Å². The van der Waals surface area contributed by atoms with Gasteiger partial charge in [-0.15, -0.1) is 0 Å². The van der Waals surface area contributed by atoms with Crippen molar-refractivity contribution in [2.45, 2.75) is 32.9 Å². The molecule has 1 fully saturated rings. The Kier molecular flexibility index (Phi) is 5.46. The lowest BCUT2D eigenvalue weighted by atomic mass is 9.96. The second-order valence-electron chi connectivity index (χ2n) is 8.47. The first-order valence-corrected chi connectivity index (χ1v) is 11.4. The Hall–Kier alpha value is -3.51. The van der Waals surface area contributed by atoms with E-state index in [0.717, 1.165) is 34.0 Å². The van der Waals surface area contributed by atoms with E-state index < -0.39 is 0 Å². The Labute approximate surface area is 198 Å². The Morgan fingerprint density at radius 2 is 1.70 bits per heavy atom. The molecule has 0 bridgehead atoms. The molecule has 1 aliphatic rings. The van der Waals surface area contributed by atoms with Crippen molar-refractivity contribution in [2.75, 3.05) is 4.90 Å². The van der Waals surface area contributed by atoms with E-state index in [1.165, 1.54) is 11.6 Å². The quantitative estimate of drug-likeness (QED) is 0.376. The average molecular weight is 457 g/mol. The molecule has 1 saturated heterocycles. The number of pyridine rings is 1. The highest BCUT2D eigenvalue weighted by Crippen LogP contribution is 2.43. The standard InChI is InChI=1S/C27H25FN4S/c1-17-10-12-21(13-11-17)32-26(25(30-27(32)33)24-9-4-5-14-29-24)23-15-18(2)31(19(23)3)22-8-6-7-20(28)16-22/h4-16,25-26H,1-3H3,(H,30,33)/t25-,26-/m0/s1. The van der Waals surface area contributed by atoms with Crippen molar-refractivity contribution < 1.29 is 4.39 Å². The van der Waals surface area contributed by atoms with Gasteiger partial charge in [-0.3, -0.25) is 4.98 Å². The maximum Gasteiger partial charge on any atom is 0.174 e. The third-order valence-corrected chi connectivity index (χ3v) is 6.58. The van der Waals surface area contributed by atoms with E-state index in [4.69, 9.17) is 12.2 Å². The van der Waals surface area contributed by atoms with Gasteiger partial charge < -0.3 is 14.8 Å². The minimum absolute atomic E-state index is 0.108. The number of anilines is 1. The maximum atomic E-state index is 14.0. The zero-order valence-electron chi connectivity index (χ0n) is 18.8. The van der Waals surface area contributed by atoms with E-state index >= 15 is 0 Å². The zero-order valence-corrected chi connectivity index (χ0v) is 19.6. The number of aromatic nitrogens is 2. The number of nitrogens with one attached hydrogen (secondary N) is 1. The van der Waals surface area contributed by atoms with E-state index in [1.54, 1.807) is 12.1 Å². The first-order valence-electron chi connectivity index (χ1n) is 11.0. The summed E-state index contributed by atoms with van der Waals surface area (Å²) in [5, 5.41) is 4.17. The van der Waals surface area contributed by atoms with Crippen LogP contribution in [0, 0.1) is 26.6 Å². The van der Waals surface area contributed by atoms with Crippen LogP contribution >= 0.6 is 12.2 Å². The topological polar surface area (TPSA) is 33.1 Å². The molecule has 1 N–H and O–H groups in total. The molecular formula is C27H25FN4S. The van der Waals surface area contributed by atoms with Gasteiger partial charge >= 0.3 is 0 Å². The molecule has 0 amide bonds. The SMILES string of the molecule is Cc1ccc(N2C(=S)N[C@@H](c3ccccn3)[C@@H]2c2cc(C)n(-c3cccc(F)c3)c2C)cc1. The highest BCUT2D eigenvalue weighted by atomic mass is 32.1. The Morgan fingerprint density at radius 1 is 0.909 bits per heavy atom. The number of halogens is 1. The molecule has 0 unspecified atom stereocenters. The van der Waals surface area contributed by atoms with Gasteiger partial charge in [0.1, 0.15) is 5.82 Å². The van der Waals surface area contributed by atoms with Crippen LogP contribution in [0.5, 0.6) is 0 Å². The van der Waals surface area contributed by atoms with Crippen LogP contribution < -0.4 is 10.2 Å². The van der Waals surface area contributed by atoms with Crippen LogP contribution in [0.2, 0.25) is 0 Å². The van der Waals surface area contributed by atoms with E-state index in [2.05, 4.69) is 63.9 Å². The summed E-state index contributed by atoms with van der Waals surface area (Å²) in [7, 11) is 0. The van der Waals surface area contributed by atoms with Gasteiger partial charge in [0, 0.05) is 29.0 Å². The highest BCUT2D eigenvalue weighted by Gasteiger charge is 2.42. The van der Waals surface area contributed by atoms with Crippen LogP contribution in [-0.4, -0.2) is 14.7 Å². The fourth-order valence-corrected chi connectivity index (χ4v) is 5.10. The Bertz CT molecular complexity index is 1310. The van der Waals surface area contributed by atoms with Crippen LogP contribution in [0.1, 0.15) is 40.3 Å². The fraction of sp³-hybridized carbons (Fsp3) is 0.185. The van der Waals surface area contributed by atoms with Crippen LogP contribution in [0.3, 0.4) is 0 Å². The number of benzene rings is 2. The van der Waals surface area contributed by atoms with Gasteiger partial charge in [-0.25, -0.2) is 4.39 Å². The first kappa shape index (κ1) is 21.3. The Morgan fingerprint density at radius 3 is 2.39 bits per heavy atom. The summed E-state index contributed by atoms with van der Waals surface area (Å²) in [6.07, 6.45) is 1.81. The summed E-state index contributed by atoms with van der Waals surface area (Å²) in [6.45, 7) is 6.20. The van der Waals surface area contributed by atoms with Crippen LogP contribution in [0.25, 0.3) is 5.69 Å². The molecule has 2 atom stereocenters. The van der Waals surface area contributed by atoms with Crippen molar-refractivity contribution in [2.24, 2.45) is 0 Å². The highest BCUT2D eigenvalue weighted by molar-refractivity contribution is 7.80. The normalized spacial score (nSPS) is 17.9.